The number of allylic oxidation sites excluding steroid dienone is 1. The zero-order chi connectivity index (χ0) is 10.6. The number of carbonyl (C=O) groups excluding carboxylic acids is 2. The van der Waals surface area contributed by atoms with E-state index in [4.69, 9.17) is 0 Å². The van der Waals surface area contributed by atoms with Gasteiger partial charge in [-0.25, -0.2) is 0 Å². The molecule has 0 atom stereocenters. The molecule has 0 saturated heterocycles. The Morgan fingerprint density at radius 3 is 2.71 bits per heavy atom. The molecule has 0 heterocycles. The minimum atomic E-state index is -0.205. The monoisotopic (exact) mass is 190 g/mol. The number of hydrogen-bond acceptors (Lipinski definition) is 3. The first-order chi connectivity index (χ1) is 6.65. The molecule has 0 aliphatic carbocycles. The summed E-state index contributed by atoms with van der Waals surface area (Å²) in [6.07, 6.45) is 3.55. The second-order valence-electron chi connectivity index (χ2n) is 2.83. The van der Waals surface area contributed by atoms with E-state index in [-0.39, 0.29) is 17.1 Å². The summed E-state index contributed by atoms with van der Waals surface area (Å²) in [4.78, 5) is 21.1. The fraction of sp³-hybridized carbons (Fsp3) is 0.0909. The Bertz CT molecular complexity index is 392. The van der Waals surface area contributed by atoms with Gasteiger partial charge in [0.1, 0.15) is 12.0 Å². The topological polar surface area (TPSA) is 54.4 Å². The molecule has 0 bridgehead atoms. The van der Waals surface area contributed by atoms with Crippen molar-refractivity contribution in [3.63, 3.8) is 0 Å². The first kappa shape index (κ1) is 10.2. The standard InChI is InChI=1S/C11H10O3/c1-8(13)10-7-9(3-2-6-12)4-5-11(10)14/h2-7,14H,1H3. The van der Waals surface area contributed by atoms with Crippen molar-refractivity contribution in [2.24, 2.45) is 0 Å². The third kappa shape index (κ3) is 2.29. The number of ketones is 1. The number of aldehydes is 1. The summed E-state index contributed by atoms with van der Waals surface area (Å²) in [7, 11) is 0. The molecule has 0 spiro atoms. The van der Waals surface area contributed by atoms with Gasteiger partial charge in [0, 0.05) is 0 Å². The molecule has 0 aliphatic rings. The molecule has 0 aliphatic heterocycles. The van der Waals surface area contributed by atoms with Crippen molar-refractivity contribution in [2.75, 3.05) is 0 Å². The minimum absolute atomic E-state index is 0.0410. The lowest BCUT2D eigenvalue weighted by atomic mass is 10.1. The fourth-order valence-corrected chi connectivity index (χ4v) is 1.09. The molecule has 0 radical (unpaired) electrons. The lowest BCUT2D eigenvalue weighted by molar-refractivity contribution is -0.104. The average Bonchev–Trinajstić information content (AvgIpc) is 2.16. The van der Waals surface area contributed by atoms with E-state index in [9.17, 15) is 14.7 Å². The summed E-state index contributed by atoms with van der Waals surface area (Å²) in [6, 6.07) is 4.60. The van der Waals surface area contributed by atoms with Crippen LogP contribution in [0, 0.1) is 0 Å². The normalized spacial score (nSPS) is 10.4. The van der Waals surface area contributed by atoms with Crippen molar-refractivity contribution in [1.29, 1.82) is 0 Å². The lowest BCUT2D eigenvalue weighted by Crippen LogP contribution is -1.92. The van der Waals surface area contributed by atoms with E-state index in [1.165, 1.54) is 25.1 Å². The van der Waals surface area contributed by atoms with Crippen LogP contribution in [0.5, 0.6) is 5.75 Å². The van der Waals surface area contributed by atoms with Gasteiger partial charge in [0.15, 0.2) is 5.78 Å². The van der Waals surface area contributed by atoms with Crippen molar-refractivity contribution in [1.82, 2.24) is 0 Å². The van der Waals surface area contributed by atoms with Crippen LogP contribution in [0.15, 0.2) is 24.3 Å². The van der Waals surface area contributed by atoms with Gasteiger partial charge in [0.25, 0.3) is 0 Å². The molecule has 0 unspecified atom stereocenters. The van der Waals surface area contributed by atoms with Gasteiger partial charge in [-0.15, -0.1) is 0 Å². The maximum atomic E-state index is 11.0. The van der Waals surface area contributed by atoms with Crippen LogP contribution in [0.1, 0.15) is 22.8 Å². The van der Waals surface area contributed by atoms with Crippen LogP contribution < -0.4 is 0 Å². The van der Waals surface area contributed by atoms with E-state index in [0.717, 1.165) is 0 Å². The van der Waals surface area contributed by atoms with Gasteiger partial charge in [-0.05, 0) is 30.7 Å². The summed E-state index contributed by atoms with van der Waals surface area (Å²) < 4.78 is 0. The molecule has 3 heteroatoms. The van der Waals surface area contributed by atoms with Gasteiger partial charge in [0.2, 0.25) is 0 Å². The van der Waals surface area contributed by atoms with Crippen molar-refractivity contribution in [3.8, 4) is 5.75 Å². The first-order valence-electron chi connectivity index (χ1n) is 4.11. The highest BCUT2D eigenvalue weighted by Crippen LogP contribution is 2.19. The molecule has 14 heavy (non-hydrogen) atoms. The quantitative estimate of drug-likeness (QED) is 0.449. The second kappa shape index (κ2) is 4.37. The zero-order valence-corrected chi connectivity index (χ0v) is 7.73. The van der Waals surface area contributed by atoms with Gasteiger partial charge >= 0.3 is 0 Å². The third-order valence-corrected chi connectivity index (χ3v) is 1.77. The molecule has 1 rings (SSSR count). The van der Waals surface area contributed by atoms with Gasteiger partial charge in [-0.3, -0.25) is 9.59 Å². The fourth-order valence-electron chi connectivity index (χ4n) is 1.09. The van der Waals surface area contributed by atoms with Crippen LogP contribution in [0.3, 0.4) is 0 Å². The van der Waals surface area contributed by atoms with Crippen LogP contribution >= 0.6 is 0 Å². The van der Waals surface area contributed by atoms with Gasteiger partial charge in [-0.1, -0.05) is 12.1 Å². The third-order valence-electron chi connectivity index (χ3n) is 1.77. The van der Waals surface area contributed by atoms with Crippen molar-refractivity contribution in [3.05, 3.63) is 35.4 Å². The highest BCUT2D eigenvalue weighted by atomic mass is 16.3. The summed E-state index contributed by atoms with van der Waals surface area (Å²) in [5.74, 6) is -0.246. The molecule has 0 saturated carbocycles. The summed E-state index contributed by atoms with van der Waals surface area (Å²) in [5, 5.41) is 9.32. The molecule has 0 amide bonds. The highest BCUT2D eigenvalue weighted by molar-refractivity contribution is 5.97. The van der Waals surface area contributed by atoms with E-state index in [0.29, 0.717) is 11.8 Å². The Hall–Kier alpha value is -1.90. The number of phenolic OH excluding ortho intramolecular Hbond substituents is 1. The molecular formula is C11H10O3. The molecule has 1 aromatic carbocycles. The largest absolute Gasteiger partial charge is 0.507 e. The predicted molar refractivity (Wildman–Crippen MR) is 53.2 cm³/mol. The Balaban J connectivity index is 3.12. The number of carbonyl (C=O) groups is 2. The van der Waals surface area contributed by atoms with Crippen LogP contribution in [-0.2, 0) is 4.79 Å². The lowest BCUT2D eigenvalue weighted by Gasteiger charge is -2.01. The van der Waals surface area contributed by atoms with Gasteiger partial charge in [0.05, 0.1) is 5.56 Å². The maximum absolute atomic E-state index is 11.0. The van der Waals surface area contributed by atoms with Crippen molar-refractivity contribution in [2.45, 2.75) is 6.92 Å². The highest BCUT2D eigenvalue weighted by Gasteiger charge is 2.05. The Morgan fingerprint density at radius 1 is 1.43 bits per heavy atom. The van der Waals surface area contributed by atoms with E-state index >= 15 is 0 Å². The zero-order valence-electron chi connectivity index (χ0n) is 7.73. The van der Waals surface area contributed by atoms with Crippen molar-refractivity contribution < 1.29 is 14.7 Å². The number of benzene rings is 1. The van der Waals surface area contributed by atoms with E-state index in [1.807, 2.05) is 0 Å². The van der Waals surface area contributed by atoms with E-state index in [1.54, 1.807) is 12.1 Å². The maximum Gasteiger partial charge on any atom is 0.163 e. The molecular weight excluding hydrogens is 180 g/mol. The molecule has 72 valence electrons. The van der Waals surface area contributed by atoms with Crippen LogP contribution in [-0.4, -0.2) is 17.2 Å². The number of aromatic hydroxyl groups is 1. The predicted octanol–water partition coefficient (Wildman–Crippen LogP) is 1.81. The van der Waals surface area contributed by atoms with Gasteiger partial charge < -0.3 is 5.11 Å². The Morgan fingerprint density at radius 2 is 2.14 bits per heavy atom. The minimum Gasteiger partial charge on any atom is -0.507 e. The van der Waals surface area contributed by atoms with Crippen molar-refractivity contribution >= 4 is 18.1 Å². The molecule has 1 N–H and O–H groups in total. The molecule has 0 aromatic heterocycles. The summed E-state index contributed by atoms with van der Waals surface area (Å²) in [6.45, 7) is 1.38. The van der Waals surface area contributed by atoms with Crippen LogP contribution in [0.2, 0.25) is 0 Å². The number of hydrogen-bond donors (Lipinski definition) is 1. The SMILES string of the molecule is CC(=O)c1cc(C=CC=O)ccc1O. The molecule has 3 nitrogen and oxygen atoms in total. The van der Waals surface area contributed by atoms with Crippen LogP contribution in [0.4, 0.5) is 0 Å². The number of rotatable bonds is 3. The number of phenols is 1. The number of Topliss-reactive ketones (excluding diaryl/α,β-unsaturated/α-hetero) is 1. The summed E-state index contributed by atoms with van der Waals surface area (Å²) >= 11 is 0. The Labute approximate surface area is 81.7 Å². The average molecular weight is 190 g/mol. The van der Waals surface area contributed by atoms with Crippen LogP contribution in [0.25, 0.3) is 6.08 Å². The van der Waals surface area contributed by atoms with Gasteiger partial charge in [-0.2, -0.15) is 0 Å². The first-order valence-corrected chi connectivity index (χ1v) is 4.11. The molecule has 0 fully saturated rings. The van der Waals surface area contributed by atoms with E-state index < -0.39 is 0 Å². The molecule has 1 aromatic rings. The van der Waals surface area contributed by atoms with E-state index in [2.05, 4.69) is 0 Å². The second-order valence-corrected chi connectivity index (χ2v) is 2.83. The Kier molecular flexibility index (Phi) is 3.18. The smallest absolute Gasteiger partial charge is 0.163 e. The summed E-state index contributed by atoms with van der Waals surface area (Å²) in [5.41, 5.74) is 0.971.